The first-order valence-electron chi connectivity index (χ1n) is 29.8. The summed E-state index contributed by atoms with van der Waals surface area (Å²) in [4.78, 5) is 38.2. The molecule has 0 aromatic rings. The van der Waals surface area contributed by atoms with Gasteiger partial charge in [0.2, 0.25) is 0 Å². The molecule has 0 spiro atoms. The summed E-state index contributed by atoms with van der Waals surface area (Å²) in [5.41, 5.74) is 0. The van der Waals surface area contributed by atoms with Gasteiger partial charge < -0.3 is 14.2 Å². The van der Waals surface area contributed by atoms with Crippen LogP contribution < -0.4 is 0 Å². The largest absolute Gasteiger partial charge is 0.462 e. The fraction of sp³-hybridized carbons (Fsp3) is 0.950. The van der Waals surface area contributed by atoms with Crippen LogP contribution >= 0.6 is 0 Å². The molecule has 0 aliphatic heterocycles. The van der Waals surface area contributed by atoms with Crippen LogP contribution in [0.15, 0.2) is 0 Å². The van der Waals surface area contributed by atoms with Gasteiger partial charge >= 0.3 is 17.9 Å². The monoisotopic (exact) mass is 933 g/mol. The van der Waals surface area contributed by atoms with Crippen LogP contribution in [0.25, 0.3) is 0 Å². The minimum absolute atomic E-state index is 0.0626. The topological polar surface area (TPSA) is 78.9 Å². The van der Waals surface area contributed by atoms with E-state index in [-0.39, 0.29) is 31.1 Å². The van der Waals surface area contributed by atoms with Crippen LogP contribution in [0, 0.1) is 11.8 Å². The third-order valence-corrected chi connectivity index (χ3v) is 14.1. The van der Waals surface area contributed by atoms with Crippen molar-refractivity contribution in [3.63, 3.8) is 0 Å². The SMILES string of the molecule is CCCCCCCCCCCCCCCCCC(=O)OC[C@H](COC(=O)CCCCCCCCCCCCCCCCCCC(C)C)OC(=O)CCCCCCCCCCCCC(C)CC. The lowest BCUT2D eigenvalue weighted by molar-refractivity contribution is -0.167. The molecular weight excluding hydrogens is 817 g/mol. The molecule has 392 valence electrons. The van der Waals surface area contributed by atoms with Crippen molar-refractivity contribution in [2.24, 2.45) is 11.8 Å². The van der Waals surface area contributed by atoms with Crippen molar-refractivity contribution in [2.45, 2.75) is 343 Å². The highest BCUT2D eigenvalue weighted by molar-refractivity contribution is 5.71. The molecule has 0 amide bonds. The Morgan fingerprint density at radius 1 is 0.318 bits per heavy atom. The highest BCUT2D eigenvalue weighted by Gasteiger charge is 2.19. The van der Waals surface area contributed by atoms with E-state index in [4.69, 9.17) is 14.2 Å². The molecule has 0 rings (SSSR count). The smallest absolute Gasteiger partial charge is 0.306 e. The zero-order chi connectivity index (χ0) is 48.2. The second-order valence-corrected chi connectivity index (χ2v) is 21.4. The van der Waals surface area contributed by atoms with Crippen molar-refractivity contribution in [1.29, 1.82) is 0 Å². The van der Waals surface area contributed by atoms with Crippen molar-refractivity contribution < 1.29 is 28.6 Å². The van der Waals surface area contributed by atoms with E-state index < -0.39 is 6.10 Å². The zero-order valence-electron chi connectivity index (χ0n) is 45.3. The molecule has 6 nitrogen and oxygen atoms in total. The van der Waals surface area contributed by atoms with Crippen LogP contribution in [0.4, 0.5) is 0 Å². The summed E-state index contributed by atoms with van der Waals surface area (Å²) < 4.78 is 16.9. The van der Waals surface area contributed by atoms with Gasteiger partial charge in [-0.25, -0.2) is 0 Å². The van der Waals surface area contributed by atoms with Crippen LogP contribution in [0.3, 0.4) is 0 Å². The summed E-state index contributed by atoms with van der Waals surface area (Å²) in [5, 5.41) is 0. The van der Waals surface area contributed by atoms with Crippen molar-refractivity contribution in [3.05, 3.63) is 0 Å². The molecule has 2 atom stereocenters. The van der Waals surface area contributed by atoms with Gasteiger partial charge in [-0.1, -0.05) is 298 Å². The first kappa shape index (κ1) is 64.4. The summed E-state index contributed by atoms with van der Waals surface area (Å²) in [7, 11) is 0. The minimum Gasteiger partial charge on any atom is -0.462 e. The Balaban J connectivity index is 4.28. The lowest BCUT2D eigenvalue weighted by Crippen LogP contribution is -2.30. The highest BCUT2D eigenvalue weighted by Crippen LogP contribution is 2.19. The van der Waals surface area contributed by atoms with Crippen LogP contribution in [0.5, 0.6) is 0 Å². The predicted octanol–water partition coefficient (Wildman–Crippen LogP) is 19.7. The van der Waals surface area contributed by atoms with E-state index >= 15 is 0 Å². The molecule has 0 radical (unpaired) electrons. The Morgan fingerprint density at radius 3 is 0.864 bits per heavy atom. The van der Waals surface area contributed by atoms with Crippen molar-refractivity contribution in [1.82, 2.24) is 0 Å². The van der Waals surface area contributed by atoms with Gasteiger partial charge in [-0.2, -0.15) is 0 Å². The van der Waals surface area contributed by atoms with E-state index in [1.165, 1.54) is 225 Å². The summed E-state index contributed by atoms with van der Waals surface area (Å²) in [6.07, 6.45) is 56.6. The van der Waals surface area contributed by atoms with Crippen molar-refractivity contribution in [2.75, 3.05) is 13.2 Å². The molecular formula is C60H116O6. The molecule has 0 bridgehead atoms. The molecule has 0 fully saturated rings. The molecule has 0 saturated carbocycles. The first-order chi connectivity index (χ1) is 32.3. The molecule has 0 heterocycles. The van der Waals surface area contributed by atoms with Crippen molar-refractivity contribution in [3.8, 4) is 0 Å². The predicted molar refractivity (Wildman–Crippen MR) is 284 cm³/mol. The average Bonchev–Trinajstić information content (AvgIpc) is 3.30. The minimum atomic E-state index is -0.763. The lowest BCUT2D eigenvalue weighted by atomic mass is 9.99. The fourth-order valence-electron chi connectivity index (χ4n) is 9.20. The summed E-state index contributed by atoms with van der Waals surface area (Å²) in [6, 6.07) is 0. The number of ether oxygens (including phenoxy) is 3. The van der Waals surface area contributed by atoms with Gasteiger partial charge in [0.05, 0.1) is 0 Å². The third-order valence-electron chi connectivity index (χ3n) is 14.1. The van der Waals surface area contributed by atoms with Gasteiger partial charge in [0.15, 0.2) is 6.10 Å². The van der Waals surface area contributed by atoms with Gasteiger partial charge in [-0.15, -0.1) is 0 Å². The Morgan fingerprint density at radius 2 is 0.576 bits per heavy atom. The second kappa shape index (κ2) is 52.8. The maximum atomic E-state index is 12.9. The van der Waals surface area contributed by atoms with E-state index in [2.05, 4.69) is 34.6 Å². The lowest BCUT2D eigenvalue weighted by Gasteiger charge is -2.18. The van der Waals surface area contributed by atoms with Gasteiger partial charge in [-0.05, 0) is 31.1 Å². The number of hydrogen-bond acceptors (Lipinski definition) is 6. The molecule has 0 aliphatic rings. The third kappa shape index (κ3) is 51.8. The Labute approximate surface area is 412 Å². The quantitative estimate of drug-likeness (QED) is 0.0343. The Hall–Kier alpha value is -1.59. The first-order valence-corrected chi connectivity index (χ1v) is 29.8. The maximum absolute atomic E-state index is 12.9. The fourth-order valence-corrected chi connectivity index (χ4v) is 9.20. The molecule has 0 aromatic carbocycles. The van der Waals surface area contributed by atoms with Crippen molar-refractivity contribution >= 4 is 17.9 Å². The van der Waals surface area contributed by atoms with E-state index in [1.54, 1.807) is 0 Å². The summed E-state index contributed by atoms with van der Waals surface area (Å²) in [6.45, 7) is 11.5. The number of carbonyl (C=O) groups is 3. The summed E-state index contributed by atoms with van der Waals surface area (Å²) >= 11 is 0. The number of carbonyl (C=O) groups excluding carboxylic acids is 3. The van der Waals surface area contributed by atoms with Gasteiger partial charge in [0.25, 0.3) is 0 Å². The average molecular weight is 934 g/mol. The number of hydrogen-bond donors (Lipinski definition) is 0. The number of unbranched alkanes of at least 4 members (excludes halogenated alkanes) is 38. The Bertz CT molecular complexity index is 1010. The Kier molecular flexibility index (Phi) is 51.5. The van der Waals surface area contributed by atoms with Crippen LogP contribution in [0.2, 0.25) is 0 Å². The molecule has 0 saturated heterocycles. The molecule has 0 aliphatic carbocycles. The zero-order valence-corrected chi connectivity index (χ0v) is 45.3. The maximum Gasteiger partial charge on any atom is 0.306 e. The summed E-state index contributed by atoms with van der Waals surface area (Å²) in [5.74, 6) is 0.883. The van der Waals surface area contributed by atoms with E-state index in [1.807, 2.05) is 0 Å². The second-order valence-electron chi connectivity index (χ2n) is 21.4. The van der Waals surface area contributed by atoms with Gasteiger partial charge in [-0.3, -0.25) is 14.4 Å². The normalized spacial score (nSPS) is 12.5. The molecule has 6 heteroatoms. The number of rotatable bonds is 54. The molecule has 1 unspecified atom stereocenters. The standard InChI is InChI=1S/C60H116O6/c1-6-8-9-10-11-12-13-14-17-21-24-30-35-40-45-50-58(61)64-53-57(66-60(63)52-47-42-37-32-27-26-29-34-39-44-49-56(5)7-2)54-65-59(62)51-46-41-36-31-25-22-19-16-15-18-20-23-28-33-38-43-48-55(3)4/h55-57H,6-54H2,1-5H3/t56?,57-/m1/s1. The van der Waals surface area contributed by atoms with E-state index in [0.717, 1.165) is 69.6 Å². The molecule has 0 aromatic heterocycles. The molecule has 0 N–H and O–H groups in total. The highest BCUT2D eigenvalue weighted by atomic mass is 16.6. The van der Waals surface area contributed by atoms with Gasteiger partial charge in [0, 0.05) is 19.3 Å². The van der Waals surface area contributed by atoms with E-state index in [0.29, 0.717) is 19.3 Å². The number of esters is 3. The van der Waals surface area contributed by atoms with E-state index in [9.17, 15) is 14.4 Å². The van der Waals surface area contributed by atoms with Crippen LogP contribution in [-0.4, -0.2) is 37.2 Å². The van der Waals surface area contributed by atoms with Crippen LogP contribution in [-0.2, 0) is 28.6 Å². The van der Waals surface area contributed by atoms with Crippen LogP contribution in [0.1, 0.15) is 336 Å². The molecule has 66 heavy (non-hydrogen) atoms. The van der Waals surface area contributed by atoms with Gasteiger partial charge in [0.1, 0.15) is 13.2 Å².